The molecular weight excluding hydrogens is 377 g/mol. The molecule has 1 N–H and O–H groups in total. The minimum Gasteiger partial charge on any atom is -0.494 e. The summed E-state index contributed by atoms with van der Waals surface area (Å²) in [4.78, 5) is 19.6. The molecule has 2 heterocycles. The molecule has 0 amide bonds. The molecule has 0 spiro atoms. The number of rotatable bonds is 2. The van der Waals surface area contributed by atoms with Crippen molar-refractivity contribution in [2.45, 2.75) is 0 Å². The Bertz CT molecular complexity index is 1150. The molecule has 0 aliphatic heterocycles. The molecule has 0 aliphatic carbocycles. The van der Waals surface area contributed by atoms with Crippen molar-refractivity contribution in [3.8, 4) is 11.4 Å². The van der Waals surface area contributed by atoms with Crippen LogP contribution >= 0.6 is 15.9 Å². The Morgan fingerprint density at radius 2 is 2.08 bits per heavy atom. The predicted molar refractivity (Wildman–Crippen MR) is 93.4 cm³/mol. The van der Waals surface area contributed by atoms with Gasteiger partial charge in [0.15, 0.2) is 11.6 Å². The first kappa shape index (κ1) is 14.9. The molecule has 120 valence electrons. The SMILES string of the molecule is COc1ccc(-n2c(=O)[nH]c3cnc4ccc(Br)cc4c32)cc1F. The second kappa shape index (κ2) is 5.45. The molecule has 2 aromatic heterocycles. The Kier molecular flexibility index (Phi) is 3.38. The highest BCUT2D eigenvalue weighted by Crippen LogP contribution is 2.28. The first-order chi connectivity index (χ1) is 11.6. The summed E-state index contributed by atoms with van der Waals surface area (Å²) in [7, 11) is 1.40. The molecule has 0 aliphatic rings. The van der Waals surface area contributed by atoms with E-state index in [9.17, 15) is 9.18 Å². The number of hydrogen-bond donors (Lipinski definition) is 1. The van der Waals surface area contributed by atoms with Crippen LogP contribution in [-0.4, -0.2) is 21.6 Å². The van der Waals surface area contributed by atoms with Crippen LogP contribution in [-0.2, 0) is 0 Å². The Morgan fingerprint density at radius 1 is 1.25 bits per heavy atom. The first-order valence-electron chi connectivity index (χ1n) is 7.11. The highest BCUT2D eigenvalue weighted by Gasteiger charge is 2.15. The van der Waals surface area contributed by atoms with Crippen LogP contribution in [0.25, 0.3) is 27.6 Å². The number of benzene rings is 2. The summed E-state index contributed by atoms with van der Waals surface area (Å²) in [6, 6.07) is 10.0. The highest BCUT2D eigenvalue weighted by atomic mass is 79.9. The van der Waals surface area contributed by atoms with E-state index in [1.165, 1.54) is 23.8 Å². The second-order valence-electron chi connectivity index (χ2n) is 5.27. The molecule has 7 heteroatoms. The molecule has 24 heavy (non-hydrogen) atoms. The van der Waals surface area contributed by atoms with Gasteiger partial charge in [0.25, 0.3) is 0 Å². The number of halogens is 2. The van der Waals surface area contributed by atoms with Gasteiger partial charge in [0.05, 0.1) is 35.5 Å². The number of hydrogen-bond acceptors (Lipinski definition) is 3. The lowest BCUT2D eigenvalue weighted by Crippen LogP contribution is -2.14. The molecular formula is C17H11BrFN3O2. The van der Waals surface area contributed by atoms with Crippen molar-refractivity contribution in [2.24, 2.45) is 0 Å². The lowest BCUT2D eigenvalue weighted by atomic mass is 10.2. The normalized spacial score (nSPS) is 11.3. The van der Waals surface area contributed by atoms with E-state index in [0.29, 0.717) is 16.7 Å². The largest absolute Gasteiger partial charge is 0.494 e. The van der Waals surface area contributed by atoms with E-state index in [1.54, 1.807) is 12.3 Å². The van der Waals surface area contributed by atoms with Crippen LogP contribution in [0, 0.1) is 5.82 Å². The minimum atomic E-state index is -0.532. The fourth-order valence-electron chi connectivity index (χ4n) is 2.80. The van der Waals surface area contributed by atoms with Gasteiger partial charge in [-0.3, -0.25) is 9.55 Å². The van der Waals surface area contributed by atoms with Crippen molar-refractivity contribution in [1.29, 1.82) is 0 Å². The predicted octanol–water partition coefficient (Wildman–Crippen LogP) is 3.78. The summed E-state index contributed by atoms with van der Waals surface area (Å²) in [5.74, 6) is -0.406. The first-order valence-corrected chi connectivity index (χ1v) is 7.90. The standard InChI is InChI=1S/C17H11BrFN3O2/c1-24-15-5-3-10(7-12(15)19)22-16-11-6-9(18)2-4-13(11)20-8-14(16)21-17(22)23/h2-8H,1H3,(H,21,23). The Balaban J connectivity index is 2.11. The Hall–Kier alpha value is -2.67. The zero-order chi connectivity index (χ0) is 16.8. The van der Waals surface area contributed by atoms with Gasteiger partial charge < -0.3 is 9.72 Å². The fourth-order valence-corrected chi connectivity index (χ4v) is 3.16. The summed E-state index contributed by atoms with van der Waals surface area (Å²) in [5, 5.41) is 0.788. The molecule has 0 unspecified atom stereocenters. The van der Waals surface area contributed by atoms with Crippen LogP contribution in [0.4, 0.5) is 4.39 Å². The van der Waals surface area contributed by atoms with E-state index in [1.807, 2.05) is 18.2 Å². The van der Waals surface area contributed by atoms with Crippen molar-refractivity contribution in [3.05, 3.63) is 63.4 Å². The Labute approximate surface area is 143 Å². The van der Waals surface area contributed by atoms with Gasteiger partial charge in [0, 0.05) is 15.9 Å². The quantitative estimate of drug-likeness (QED) is 0.569. The van der Waals surface area contributed by atoms with Crippen LogP contribution in [0.15, 0.2) is 51.9 Å². The van der Waals surface area contributed by atoms with Gasteiger partial charge in [-0.25, -0.2) is 9.18 Å². The third-order valence-electron chi connectivity index (χ3n) is 3.86. The van der Waals surface area contributed by atoms with E-state index in [4.69, 9.17) is 4.74 Å². The monoisotopic (exact) mass is 387 g/mol. The van der Waals surface area contributed by atoms with Crippen molar-refractivity contribution in [3.63, 3.8) is 0 Å². The summed E-state index contributed by atoms with van der Waals surface area (Å²) in [6.45, 7) is 0. The number of aromatic nitrogens is 3. The summed E-state index contributed by atoms with van der Waals surface area (Å²) >= 11 is 3.43. The van der Waals surface area contributed by atoms with Gasteiger partial charge in [-0.15, -0.1) is 0 Å². The van der Waals surface area contributed by atoms with Gasteiger partial charge in [-0.05, 0) is 30.3 Å². The van der Waals surface area contributed by atoms with Crippen LogP contribution in [0.1, 0.15) is 0 Å². The number of methoxy groups -OCH3 is 1. The Morgan fingerprint density at radius 3 is 2.83 bits per heavy atom. The van der Waals surface area contributed by atoms with Crippen LogP contribution in [0.3, 0.4) is 0 Å². The number of nitrogens with one attached hydrogen (secondary N) is 1. The molecule has 0 saturated heterocycles. The number of pyridine rings is 1. The van der Waals surface area contributed by atoms with Crippen molar-refractivity contribution in [2.75, 3.05) is 7.11 Å². The van der Waals surface area contributed by atoms with E-state index >= 15 is 0 Å². The molecule has 5 nitrogen and oxygen atoms in total. The maximum absolute atomic E-state index is 14.1. The average Bonchev–Trinajstić information content (AvgIpc) is 2.91. The molecule has 0 radical (unpaired) electrons. The number of imidazole rings is 1. The average molecular weight is 388 g/mol. The molecule has 4 aromatic rings. The zero-order valence-electron chi connectivity index (χ0n) is 12.5. The van der Waals surface area contributed by atoms with E-state index in [-0.39, 0.29) is 11.4 Å². The van der Waals surface area contributed by atoms with Gasteiger partial charge >= 0.3 is 5.69 Å². The van der Waals surface area contributed by atoms with Crippen molar-refractivity contribution >= 4 is 37.9 Å². The van der Waals surface area contributed by atoms with Crippen LogP contribution < -0.4 is 10.4 Å². The van der Waals surface area contributed by atoms with E-state index in [2.05, 4.69) is 25.9 Å². The summed E-state index contributed by atoms with van der Waals surface area (Å²) in [6.07, 6.45) is 1.60. The van der Waals surface area contributed by atoms with Gasteiger partial charge in [0.1, 0.15) is 0 Å². The van der Waals surface area contributed by atoms with Crippen molar-refractivity contribution < 1.29 is 9.13 Å². The van der Waals surface area contributed by atoms with E-state index < -0.39 is 5.82 Å². The molecule has 0 atom stereocenters. The number of nitrogens with zero attached hydrogens (tertiary/aromatic N) is 2. The zero-order valence-corrected chi connectivity index (χ0v) is 14.1. The molecule has 0 saturated carbocycles. The highest BCUT2D eigenvalue weighted by molar-refractivity contribution is 9.10. The van der Waals surface area contributed by atoms with Gasteiger partial charge in [-0.2, -0.15) is 0 Å². The maximum Gasteiger partial charge on any atom is 0.331 e. The molecule has 2 aromatic carbocycles. The third-order valence-corrected chi connectivity index (χ3v) is 4.36. The lowest BCUT2D eigenvalue weighted by Gasteiger charge is -2.08. The van der Waals surface area contributed by atoms with Crippen molar-refractivity contribution in [1.82, 2.24) is 14.5 Å². The molecule has 4 rings (SSSR count). The maximum atomic E-state index is 14.1. The molecule has 0 bridgehead atoms. The fraction of sp³-hybridized carbons (Fsp3) is 0.0588. The summed E-state index contributed by atoms with van der Waals surface area (Å²) in [5.41, 5.74) is 2.03. The van der Waals surface area contributed by atoms with Gasteiger partial charge in [-0.1, -0.05) is 15.9 Å². The summed E-state index contributed by atoms with van der Waals surface area (Å²) < 4.78 is 21.3. The number of fused-ring (bicyclic) bond motifs is 3. The minimum absolute atomic E-state index is 0.126. The smallest absolute Gasteiger partial charge is 0.331 e. The topological polar surface area (TPSA) is 59.9 Å². The lowest BCUT2D eigenvalue weighted by molar-refractivity contribution is 0.386. The number of H-pyrrole nitrogens is 1. The third kappa shape index (κ3) is 2.20. The van der Waals surface area contributed by atoms with Crippen LogP contribution in [0.2, 0.25) is 0 Å². The number of aromatic amines is 1. The second-order valence-corrected chi connectivity index (χ2v) is 6.18. The molecule has 0 fully saturated rings. The van der Waals surface area contributed by atoms with Gasteiger partial charge in [0.2, 0.25) is 0 Å². The van der Waals surface area contributed by atoms with E-state index in [0.717, 1.165) is 15.4 Å². The number of ether oxygens (including phenoxy) is 1. The van der Waals surface area contributed by atoms with Crippen LogP contribution in [0.5, 0.6) is 5.75 Å².